The van der Waals surface area contributed by atoms with E-state index < -0.39 is 7.92 Å². The molecule has 25 heavy (non-hydrogen) atoms. The molecule has 2 heterocycles. The fourth-order valence-electron chi connectivity index (χ4n) is 3.15. The summed E-state index contributed by atoms with van der Waals surface area (Å²) in [4.78, 5) is 0. The van der Waals surface area contributed by atoms with Crippen molar-refractivity contribution in [3.63, 3.8) is 0 Å². The lowest BCUT2D eigenvalue weighted by Gasteiger charge is -2.16. The fourth-order valence-corrected chi connectivity index (χ4v) is 8.17. The number of hydrogen-bond donors (Lipinski definition) is 0. The largest absolute Gasteiger partial charge is 0.144 e. The molecule has 0 aliphatic carbocycles. The van der Waals surface area contributed by atoms with Crippen molar-refractivity contribution in [2.24, 2.45) is 0 Å². The van der Waals surface area contributed by atoms with E-state index in [1.54, 1.807) is 0 Å². The maximum atomic E-state index is 2.41. The van der Waals surface area contributed by atoms with Crippen LogP contribution in [0, 0.1) is 0 Å². The first-order valence-corrected chi connectivity index (χ1v) is 11.2. The van der Waals surface area contributed by atoms with Gasteiger partial charge in [-0.2, -0.15) is 0 Å². The van der Waals surface area contributed by atoms with Crippen LogP contribution in [0.4, 0.5) is 0 Å². The molecular weight excluding hydrogens is 359 g/mol. The molecule has 0 radical (unpaired) electrons. The van der Waals surface area contributed by atoms with Gasteiger partial charge >= 0.3 is 0 Å². The first kappa shape index (κ1) is 15.3. The van der Waals surface area contributed by atoms with Crippen LogP contribution in [0.1, 0.15) is 0 Å². The Balaban J connectivity index is 1.72. The maximum Gasteiger partial charge on any atom is 0.0381 e. The summed E-state index contributed by atoms with van der Waals surface area (Å²) in [6.45, 7) is 0. The summed E-state index contributed by atoms with van der Waals surface area (Å²) < 4.78 is 4.24. The van der Waals surface area contributed by atoms with Gasteiger partial charge in [0.1, 0.15) is 0 Å². The zero-order valence-electron chi connectivity index (χ0n) is 13.4. The van der Waals surface area contributed by atoms with Crippen LogP contribution < -0.4 is 15.2 Å². The van der Waals surface area contributed by atoms with Gasteiger partial charge < -0.3 is 0 Å². The number of thiophene rings is 2. The minimum Gasteiger partial charge on any atom is -0.144 e. The van der Waals surface area contributed by atoms with Gasteiger partial charge in [-0.15, -0.1) is 22.7 Å². The van der Waals surface area contributed by atoms with Gasteiger partial charge in [-0.05, 0) is 58.9 Å². The number of rotatable bonds is 3. The fraction of sp³-hybridized carbons (Fsp3) is 0. The van der Waals surface area contributed by atoms with Crippen molar-refractivity contribution < 1.29 is 0 Å². The van der Waals surface area contributed by atoms with Crippen molar-refractivity contribution in [2.75, 3.05) is 0 Å². The van der Waals surface area contributed by atoms with E-state index in [4.69, 9.17) is 0 Å². The molecular formula is C22H15PS2. The molecule has 0 fully saturated rings. The van der Waals surface area contributed by atoms with E-state index in [-0.39, 0.29) is 0 Å². The molecule has 0 unspecified atom stereocenters. The monoisotopic (exact) mass is 374 g/mol. The Kier molecular flexibility index (Phi) is 3.90. The lowest BCUT2D eigenvalue weighted by molar-refractivity contribution is 1.75. The van der Waals surface area contributed by atoms with Gasteiger partial charge in [0.05, 0.1) is 0 Å². The molecule has 0 aliphatic rings. The molecule has 5 aromatic rings. The highest BCUT2D eigenvalue weighted by Gasteiger charge is 2.19. The highest BCUT2D eigenvalue weighted by Crippen LogP contribution is 2.39. The third-order valence-electron chi connectivity index (χ3n) is 4.33. The molecule has 0 N–H and O–H groups in total. The van der Waals surface area contributed by atoms with Crippen molar-refractivity contribution in [3.8, 4) is 0 Å². The van der Waals surface area contributed by atoms with E-state index in [0.29, 0.717) is 0 Å². The van der Waals surface area contributed by atoms with Crippen molar-refractivity contribution >= 4 is 66.0 Å². The first-order valence-electron chi connectivity index (χ1n) is 8.19. The van der Waals surface area contributed by atoms with Crippen LogP contribution in [0.3, 0.4) is 0 Å². The van der Waals surface area contributed by atoms with Crippen molar-refractivity contribution in [1.29, 1.82) is 0 Å². The average Bonchev–Trinajstić information content (AvgIpc) is 3.27. The Labute approximate surface area is 156 Å². The zero-order chi connectivity index (χ0) is 16.6. The molecule has 0 atom stereocenters. The summed E-state index contributed by atoms with van der Waals surface area (Å²) in [5.41, 5.74) is 0. The van der Waals surface area contributed by atoms with Crippen LogP contribution in [0.25, 0.3) is 20.2 Å². The molecule has 0 spiro atoms. The molecule has 120 valence electrons. The van der Waals surface area contributed by atoms with Crippen LogP contribution >= 0.6 is 30.6 Å². The van der Waals surface area contributed by atoms with E-state index in [2.05, 4.69) is 90.3 Å². The van der Waals surface area contributed by atoms with Gasteiger partial charge in [0.2, 0.25) is 0 Å². The lowest BCUT2D eigenvalue weighted by atomic mass is 10.2. The average molecular weight is 374 g/mol. The Morgan fingerprint density at radius 3 is 1.96 bits per heavy atom. The van der Waals surface area contributed by atoms with Gasteiger partial charge in [0.15, 0.2) is 0 Å². The van der Waals surface area contributed by atoms with Gasteiger partial charge in [0, 0.05) is 14.0 Å². The summed E-state index contributed by atoms with van der Waals surface area (Å²) in [6, 6.07) is 31.2. The third-order valence-corrected chi connectivity index (χ3v) is 9.13. The van der Waals surface area contributed by atoms with Crippen LogP contribution in [0.2, 0.25) is 0 Å². The van der Waals surface area contributed by atoms with E-state index in [1.807, 2.05) is 22.7 Å². The standard InChI is InChI=1S/C22H15PS2/c1-3-7-18(8-4-1)23(19-9-5-2-6-10-19)22-14-17-13-16-11-12-24-20(16)15-21(17)25-22/h1-15H. The van der Waals surface area contributed by atoms with Gasteiger partial charge in [0.25, 0.3) is 0 Å². The Morgan fingerprint density at radius 1 is 0.600 bits per heavy atom. The Morgan fingerprint density at radius 2 is 1.28 bits per heavy atom. The molecule has 0 bridgehead atoms. The van der Waals surface area contributed by atoms with E-state index in [9.17, 15) is 0 Å². The quantitative estimate of drug-likeness (QED) is 0.346. The van der Waals surface area contributed by atoms with Gasteiger partial charge in [-0.25, -0.2) is 0 Å². The van der Waals surface area contributed by atoms with Gasteiger partial charge in [-0.3, -0.25) is 0 Å². The smallest absolute Gasteiger partial charge is 0.0381 e. The van der Waals surface area contributed by atoms with Crippen LogP contribution in [0.5, 0.6) is 0 Å². The highest BCUT2D eigenvalue weighted by molar-refractivity contribution is 7.84. The van der Waals surface area contributed by atoms with E-state index in [1.165, 1.54) is 35.4 Å². The molecule has 2 aromatic heterocycles. The summed E-state index contributed by atoms with van der Waals surface area (Å²) in [7, 11) is -0.505. The van der Waals surface area contributed by atoms with Crippen LogP contribution in [-0.4, -0.2) is 0 Å². The second-order valence-electron chi connectivity index (χ2n) is 5.94. The number of fused-ring (bicyclic) bond motifs is 2. The normalized spacial score (nSPS) is 11.6. The molecule has 3 heteroatoms. The molecule has 0 nitrogen and oxygen atoms in total. The van der Waals surface area contributed by atoms with Crippen LogP contribution in [0.15, 0.2) is 90.3 Å². The van der Waals surface area contributed by atoms with E-state index in [0.717, 1.165) is 0 Å². The summed E-state index contributed by atoms with van der Waals surface area (Å²) >= 11 is 3.77. The highest BCUT2D eigenvalue weighted by atomic mass is 32.1. The molecule has 0 amide bonds. The predicted octanol–water partition coefficient (Wildman–Crippen LogP) is 5.87. The summed E-state index contributed by atoms with van der Waals surface area (Å²) in [5.74, 6) is 0. The minimum atomic E-state index is -0.505. The zero-order valence-corrected chi connectivity index (χ0v) is 16.0. The Hall–Kier alpha value is -1.99. The summed E-state index contributed by atoms with van der Waals surface area (Å²) in [5, 5.41) is 7.72. The third kappa shape index (κ3) is 2.81. The van der Waals surface area contributed by atoms with Crippen LogP contribution in [-0.2, 0) is 0 Å². The maximum absolute atomic E-state index is 2.41. The minimum absolute atomic E-state index is 0.505. The molecule has 0 saturated heterocycles. The second-order valence-corrected chi connectivity index (χ2v) is 10.5. The lowest BCUT2D eigenvalue weighted by Crippen LogP contribution is -2.18. The molecule has 0 aliphatic heterocycles. The second kappa shape index (κ2) is 6.38. The topological polar surface area (TPSA) is 0 Å². The van der Waals surface area contributed by atoms with Crippen molar-refractivity contribution in [2.45, 2.75) is 0 Å². The SMILES string of the molecule is c1ccc(P(c2ccccc2)c2cc3cc4ccsc4cc3s2)cc1. The molecule has 5 rings (SSSR count). The van der Waals surface area contributed by atoms with Gasteiger partial charge in [-0.1, -0.05) is 60.7 Å². The number of hydrogen-bond acceptors (Lipinski definition) is 2. The van der Waals surface area contributed by atoms with Crippen molar-refractivity contribution in [3.05, 3.63) is 90.3 Å². The molecule has 0 saturated carbocycles. The van der Waals surface area contributed by atoms with E-state index >= 15 is 0 Å². The Bertz CT molecular complexity index is 1050. The first-order chi connectivity index (χ1) is 12.4. The summed E-state index contributed by atoms with van der Waals surface area (Å²) in [6.07, 6.45) is 0. The molecule has 3 aromatic carbocycles. The predicted molar refractivity (Wildman–Crippen MR) is 116 cm³/mol. The number of benzene rings is 3. The van der Waals surface area contributed by atoms with Crippen molar-refractivity contribution in [1.82, 2.24) is 0 Å².